The quantitative estimate of drug-likeness (QED) is 0.426. The fourth-order valence-electron chi connectivity index (χ4n) is 2.41. The number of hydrogen-bond acceptors (Lipinski definition) is 0. The molecule has 0 heterocycles. The minimum atomic E-state index is -1.77. The van der Waals surface area contributed by atoms with Crippen LogP contribution in [0.2, 0.25) is 0 Å². The summed E-state index contributed by atoms with van der Waals surface area (Å²) in [5.41, 5.74) is 0. The van der Waals surface area contributed by atoms with E-state index in [-0.39, 0.29) is 0 Å². The first-order valence-electron chi connectivity index (χ1n) is 6.14. The molecule has 2 aromatic rings. The Kier molecular flexibility index (Phi) is 4.96. The van der Waals surface area contributed by atoms with E-state index in [1.165, 1.54) is 21.2 Å². The average molecular weight is 368 g/mol. The third-order valence-corrected chi connectivity index (χ3v) is 9.44. The SMILES string of the molecule is C=C[PH](CCI)(c1ccccc1)c1ccccc1. The van der Waals surface area contributed by atoms with Gasteiger partial charge in [0.2, 0.25) is 0 Å². The second-order valence-corrected chi connectivity index (χ2v) is 9.43. The molecule has 0 aliphatic rings. The molecule has 0 fully saturated rings. The van der Waals surface area contributed by atoms with Crippen LogP contribution in [0.1, 0.15) is 0 Å². The maximum absolute atomic E-state index is 4.16. The van der Waals surface area contributed by atoms with Crippen molar-refractivity contribution >= 4 is 40.5 Å². The van der Waals surface area contributed by atoms with Crippen LogP contribution in [-0.4, -0.2) is 10.6 Å². The van der Waals surface area contributed by atoms with Gasteiger partial charge in [0.05, 0.1) is 0 Å². The number of rotatable bonds is 5. The molecular weight excluding hydrogens is 350 g/mol. The molecule has 0 unspecified atom stereocenters. The Balaban J connectivity index is 2.57. The molecule has 0 saturated heterocycles. The van der Waals surface area contributed by atoms with Gasteiger partial charge in [-0.05, 0) is 0 Å². The molecule has 0 radical (unpaired) electrons. The molecule has 2 aromatic carbocycles. The van der Waals surface area contributed by atoms with Crippen molar-refractivity contribution in [2.45, 2.75) is 0 Å². The predicted molar refractivity (Wildman–Crippen MR) is 94.4 cm³/mol. The molecule has 2 rings (SSSR count). The summed E-state index contributed by atoms with van der Waals surface area (Å²) < 4.78 is 1.17. The van der Waals surface area contributed by atoms with Crippen LogP contribution in [0.5, 0.6) is 0 Å². The molecule has 0 saturated carbocycles. The number of halogens is 1. The van der Waals surface area contributed by atoms with Gasteiger partial charge in [-0.2, -0.15) is 0 Å². The third-order valence-electron chi connectivity index (χ3n) is 3.42. The Morgan fingerprint density at radius 3 is 1.67 bits per heavy atom. The van der Waals surface area contributed by atoms with E-state index in [2.05, 4.69) is 95.7 Å². The number of hydrogen-bond donors (Lipinski definition) is 0. The van der Waals surface area contributed by atoms with Gasteiger partial charge >= 0.3 is 124 Å². The summed E-state index contributed by atoms with van der Waals surface area (Å²) in [6.45, 7) is 4.16. The van der Waals surface area contributed by atoms with Crippen LogP contribution in [0.3, 0.4) is 0 Å². The molecule has 0 atom stereocenters. The molecule has 0 nitrogen and oxygen atoms in total. The average Bonchev–Trinajstić information content (AvgIpc) is 2.47. The molecule has 0 bridgehead atoms. The summed E-state index contributed by atoms with van der Waals surface area (Å²) in [6.07, 6.45) is 1.21. The van der Waals surface area contributed by atoms with Crippen molar-refractivity contribution in [1.29, 1.82) is 0 Å². The van der Waals surface area contributed by atoms with E-state index in [9.17, 15) is 0 Å². The van der Waals surface area contributed by atoms with Crippen molar-refractivity contribution in [2.75, 3.05) is 10.6 Å². The van der Waals surface area contributed by atoms with E-state index in [4.69, 9.17) is 0 Å². The zero-order valence-corrected chi connectivity index (χ0v) is 13.5. The first-order valence-corrected chi connectivity index (χ1v) is 9.95. The van der Waals surface area contributed by atoms with Crippen LogP contribution < -0.4 is 10.6 Å². The first-order chi connectivity index (χ1) is 8.83. The minimum absolute atomic E-state index is 1.17. The fraction of sp³-hybridized carbons (Fsp3) is 0.125. The summed E-state index contributed by atoms with van der Waals surface area (Å²) in [7, 11) is -1.77. The Morgan fingerprint density at radius 1 is 0.889 bits per heavy atom. The molecule has 0 N–H and O–H groups in total. The van der Waals surface area contributed by atoms with Crippen molar-refractivity contribution < 1.29 is 0 Å². The fourth-order valence-corrected chi connectivity index (χ4v) is 8.42. The van der Waals surface area contributed by atoms with Crippen molar-refractivity contribution in [3.8, 4) is 0 Å². The van der Waals surface area contributed by atoms with Crippen LogP contribution in [0, 0.1) is 0 Å². The van der Waals surface area contributed by atoms with E-state index in [1.54, 1.807) is 0 Å². The number of benzene rings is 2. The molecule has 0 amide bonds. The van der Waals surface area contributed by atoms with Gasteiger partial charge in [0.1, 0.15) is 0 Å². The molecule has 0 spiro atoms. The van der Waals surface area contributed by atoms with Crippen LogP contribution in [-0.2, 0) is 0 Å². The van der Waals surface area contributed by atoms with Gasteiger partial charge in [0.15, 0.2) is 0 Å². The zero-order chi connectivity index (χ0) is 12.8. The molecule has 2 heteroatoms. The standard InChI is InChI=1S/C16H18IP/c1-2-18(14-13-17,15-9-5-3-6-10-15)16-11-7-4-8-12-16/h2-12,18H,1,13-14H2. The van der Waals surface area contributed by atoms with E-state index in [0.29, 0.717) is 0 Å². The zero-order valence-electron chi connectivity index (χ0n) is 10.4. The maximum atomic E-state index is 4.16. The summed E-state index contributed by atoms with van der Waals surface area (Å²) >= 11 is 2.48. The molecular formula is C16H18IP. The van der Waals surface area contributed by atoms with Gasteiger partial charge in [-0.3, -0.25) is 0 Å². The summed E-state index contributed by atoms with van der Waals surface area (Å²) in [5, 5.41) is 2.92. The Labute approximate surface area is 124 Å². The molecule has 0 aromatic heterocycles. The van der Waals surface area contributed by atoms with Crippen molar-refractivity contribution in [3.05, 3.63) is 73.1 Å². The van der Waals surface area contributed by atoms with Crippen LogP contribution in [0.15, 0.2) is 73.1 Å². The van der Waals surface area contributed by atoms with Crippen molar-refractivity contribution in [1.82, 2.24) is 0 Å². The number of alkyl halides is 1. The molecule has 18 heavy (non-hydrogen) atoms. The summed E-state index contributed by atoms with van der Waals surface area (Å²) in [4.78, 5) is 0. The van der Waals surface area contributed by atoms with Crippen LogP contribution in [0.25, 0.3) is 0 Å². The third kappa shape index (κ3) is 2.67. The molecule has 0 aliphatic heterocycles. The molecule has 94 valence electrons. The van der Waals surface area contributed by atoms with Crippen molar-refractivity contribution in [2.24, 2.45) is 0 Å². The Morgan fingerprint density at radius 2 is 1.33 bits per heavy atom. The topological polar surface area (TPSA) is 0 Å². The van der Waals surface area contributed by atoms with Crippen LogP contribution in [0.4, 0.5) is 0 Å². The monoisotopic (exact) mass is 368 g/mol. The van der Waals surface area contributed by atoms with Gasteiger partial charge in [0, 0.05) is 0 Å². The van der Waals surface area contributed by atoms with E-state index in [0.717, 1.165) is 0 Å². The van der Waals surface area contributed by atoms with Gasteiger partial charge in [-0.1, -0.05) is 0 Å². The van der Waals surface area contributed by atoms with Gasteiger partial charge in [-0.15, -0.1) is 0 Å². The van der Waals surface area contributed by atoms with Gasteiger partial charge in [-0.25, -0.2) is 0 Å². The first kappa shape index (κ1) is 13.8. The van der Waals surface area contributed by atoms with Gasteiger partial charge in [0.25, 0.3) is 0 Å². The second kappa shape index (κ2) is 6.49. The van der Waals surface area contributed by atoms with E-state index >= 15 is 0 Å². The van der Waals surface area contributed by atoms with E-state index in [1.807, 2.05) is 0 Å². The van der Waals surface area contributed by atoms with Crippen LogP contribution >= 0.6 is 29.9 Å². The van der Waals surface area contributed by atoms with Gasteiger partial charge < -0.3 is 0 Å². The summed E-state index contributed by atoms with van der Waals surface area (Å²) in [6, 6.07) is 21.7. The Bertz CT molecular complexity index is 454. The molecule has 0 aliphatic carbocycles. The predicted octanol–water partition coefficient (Wildman–Crippen LogP) is 3.97. The Hall–Kier alpha value is -0.660. The normalized spacial score (nSPS) is 12.1. The van der Waals surface area contributed by atoms with Crippen molar-refractivity contribution in [3.63, 3.8) is 0 Å². The summed E-state index contributed by atoms with van der Waals surface area (Å²) in [5.74, 6) is 2.23. The van der Waals surface area contributed by atoms with E-state index < -0.39 is 7.26 Å². The second-order valence-electron chi connectivity index (χ2n) is 4.35.